The Hall–Kier alpha value is -4.43. The quantitative estimate of drug-likeness (QED) is 0.271. The van der Waals surface area contributed by atoms with Gasteiger partial charge < -0.3 is 19.6 Å². The normalized spacial score (nSPS) is 12.0. The van der Waals surface area contributed by atoms with E-state index in [0.29, 0.717) is 33.7 Å². The molecule has 8 nitrogen and oxygen atoms in total. The predicted octanol–water partition coefficient (Wildman–Crippen LogP) is 5.92. The van der Waals surface area contributed by atoms with Crippen molar-refractivity contribution >= 4 is 39.4 Å². The van der Waals surface area contributed by atoms with Crippen LogP contribution in [0.2, 0.25) is 5.15 Å². The van der Waals surface area contributed by atoms with Gasteiger partial charge in [-0.2, -0.15) is 0 Å². The Kier molecular flexibility index (Phi) is 6.50. The standard InChI is InChI=1S/C29H24ClN3O5/c1-14-11-19(16(3)37-22-8-9-23(30)33-25(22)29(31)35)28-20(12-14)26(34)15(2)27(38-28)18-5-7-21-17(13-18)6-10-24(32-21)36-4/h5-13,16H,1-4H3,(H2,31,35)/t16-/m1/s1. The third-order valence-corrected chi connectivity index (χ3v) is 6.54. The average Bonchev–Trinajstić information content (AvgIpc) is 2.90. The largest absolute Gasteiger partial charge is 0.483 e. The predicted molar refractivity (Wildman–Crippen MR) is 146 cm³/mol. The van der Waals surface area contributed by atoms with E-state index in [1.165, 1.54) is 12.1 Å². The summed E-state index contributed by atoms with van der Waals surface area (Å²) in [4.78, 5) is 33.9. The van der Waals surface area contributed by atoms with Gasteiger partial charge >= 0.3 is 0 Å². The van der Waals surface area contributed by atoms with E-state index in [2.05, 4.69) is 9.97 Å². The lowest BCUT2D eigenvalue weighted by Gasteiger charge is -2.19. The monoisotopic (exact) mass is 529 g/mol. The molecule has 0 aliphatic carbocycles. The highest BCUT2D eigenvalue weighted by Gasteiger charge is 2.22. The molecule has 0 radical (unpaired) electrons. The highest BCUT2D eigenvalue weighted by Crippen LogP contribution is 2.34. The SMILES string of the molecule is COc1ccc2cc(-c3oc4c([C@@H](C)Oc5ccc(Cl)nc5C(N)=O)cc(C)cc4c(=O)c3C)ccc2n1. The van der Waals surface area contributed by atoms with Gasteiger partial charge in [-0.1, -0.05) is 11.6 Å². The van der Waals surface area contributed by atoms with E-state index in [-0.39, 0.29) is 22.0 Å². The molecule has 0 unspecified atom stereocenters. The van der Waals surface area contributed by atoms with Crippen molar-refractivity contribution in [3.8, 4) is 23.0 Å². The minimum atomic E-state index is -0.767. The van der Waals surface area contributed by atoms with Crippen LogP contribution in [0.15, 0.2) is 63.8 Å². The molecule has 2 aromatic carbocycles. The first-order valence-electron chi connectivity index (χ1n) is 11.8. The number of aryl methyl sites for hydroxylation is 1. The zero-order valence-corrected chi connectivity index (χ0v) is 21.9. The summed E-state index contributed by atoms with van der Waals surface area (Å²) in [5.74, 6) is 0.374. The van der Waals surface area contributed by atoms with Crippen LogP contribution in [0, 0.1) is 13.8 Å². The molecule has 38 heavy (non-hydrogen) atoms. The van der Waals surface area contributed by atoms with Crippen molar-refractivity contribution in [2.45, 2.75) is 26.9 Å². The molecule has 0 fully saturated rings. The van der Waals surface area contributed by atoms with E-state index in [9.17, 15) is 9.59 Å². The van der Waals surface area contributed by atoms with Gasteiger partial charge in [0.2, 0.25) is 5.88 Å². The van der Waals surface area contributed by atoms with Gasteiger partial charge in [0.05, 0.1) is 18.0 Å². The first kappa shape index (κ1) is 25.2. The van der Waals surface area contributed by atoms with Gasteiger partial charge in [-0.15, -0.1) is 0 Å². The molecule has 0 aliphatic rings. The fraction of sp³-hybridized carbons (Fsp3) is 0.172. The molecule has 0 saturated heterocycles. The summed E-state index contributed by atoms with van der Waals surface area (Å²) in [6.45, 7) is 5.43. The number of methoxy groups -OCH3 is 1. The van der Waals surface area contributed by atoms with Gasteiger partial charge in [-0.05, 0) is 74.9 Å². The first-order valence-corrected chi connectivity index (χ1v) is 12.2. The second kappa shape index (κ2) is 9.79. The molecule has 5 aromatic rings. The average molecular weight is 530 g/mol. The van der Waals surface area contributed by atoms with Gasteiger partial charge in [0.1, 0.15) is 22.6 Å². The Morgan fingerprint density at radius 1 is 1.05 bits per heavy atom. The molecular formula is C29H24ClN3O5. The number of carbonyl (C=O) groups is 1. The van der Waals surface area contributed by atoms with E-state index in [0.717, 1.165) is 22.0 Å². The van der Waals surface area contributed by atoms with Crippen LogP contribution in [0.3, 0.4) is 0 Å². The Balaban J connectivity index is 1.65. The summed E-state index contributed by atoms with van der Waals surface area (Å²) in [6, 6.07) is 16.1. The third-order valence-electron chi connectivity index (χ3n) is 6.33. The lowest BCUT2D eigenvalue weighted by molar-refractivity contribution is 0.0988. The summed E-state index contributed by atoms with van der Waals surface area (Å²) >= 11 is 5.94. The van der Waals surface area contributed by atoms with Crippen molar-refractivity contribution in [2.24, 2.45) is 5.73 Å². The molecule has 1 atom stereocenters. The number of hydrogen-bond acceptors (Lipinski definition) is 7. The summed E-state index contributed by atoms with van der Waals surface area (Å²) in [5.41, 5.74) is 9.12. The van der Waals surface area contributed by atoms with Crippen LogP contribution in [0.25, 0.3) is 33.2 Å². The number of fused-ring (bicyclic) bond motifs is 2. The minimum absolute atomic E-state index is 0.0827. The molecule has 192 valence electrons. The molecule has 2 N–H and O–H groups in total. The second-order valence-electron chi connectivity index (χ2n) is 8.98. The fourth-order valence-corrected chi connectivity index (χ4v) is 4.60. The Morgan fingerprint density at radius 3 is 2.58 bits per heavy atom. The van der Waals surface area contributed by atoms with Crippen LogP contribution in [0.4, 0.5) is 0 Å². The van der Waals surface area contributed by atoms with E-state index >= 15 is 0 Å². The molecule has 3 heterocycles. The molecule has 0 saturated carbocycles. The van der Waals surface area contributed by atoms with Gasteiger partial charge in [-0.3, -0.25) is 9.59 Å². The number of nitrogens with two attached hydrogens (primary N) is 1. The van der Waals surface area contributed by atoms with Crippen LogP contribution in [0.1, 0.15) is 40.2 Å². The van der Waals surface area contributed by atoms with Crippen molar-refractivity contribution in [2.75, 3.05) is 7.11 Å². The second-order valence-corrected chi connectivity index (χ2v) is 9.37. The third kappa shape index (κ3) is 4.54. The number of benzene rings is 2. The van der Waals surface area contributed by atoms with Gasteiger partial charge in [0.25, 0.3) is 5.91 Å². The Morgan fingerprint density at radius 2 is 1.84 bits per heavy atom. The number of rotatable bonds is 6. The van der Waals surface area contributed by atoms with Crippen LogP contribution in [0.5, 0.6) is 11.6 Å². The topological polar surface area (TPSA) is 118 Å². The molecule has 0 spiro atoms. The number of hydrogen-bond donors (Lipinski definition) is 1. The van der Waals surface area contributed by atoms with Crippen molar-refractivity contribution in [1.82, 2.24) is 9.97 Å². The number of halogens is 1. The van der Waals surface area contributed by atoms with Crippen LogP contribution < -0.4 is 20.6 Å². The number of aromatic nitrogens is 2. The molecule has 1 amide bonds. The molecule has 0 bridgehead atoms. The molecular weight excluding hydrogens is 506 g/mol. The molecule has 9 heteroatoms. The number of carbonyl (C=O) groups excluding carboxylic acids is 1. The van der Waals surface area contributed by atoms with Gasteiger partial charge in [0, 0.05) is 28.1 Å². The van der Waals surface area contributed by atoms with Crippen molar-refractivity contribution in [1.29, 1.82) is 0 Å². The highest BCUT2D eigenvalue weighted by atomic mass is 35.5. The van der Waals surface area contributed by atoms with Gasteiger partial charge in [0.15, 0.2) is 16.9 Å². The lowest BCUT2D eigenvalue weighted by atomic mass is 9.99. The highest BCUT2D eigenvalue weighted by molar-refractivity contribution is 6.29. The van der Waals surface area contributed by atoms with E-state index in [1.54, 1.807) is 33.1 Å². The fourth-order valence-electron chi connectivity index (χ4n) is 4.45. The maximum absolute atomic E-state index is 13.5. The summed E-state index contributed by atoms with van der Waals surface area (Å²) in [7, 11) is 1.57. The zero-order chi connectivity index (χ0) is 27.1. The van der Waals surface area contributed by atoms with Crippen LogP contribution >= 0.6 is 11.6 Å². The first-order chi connectivity index (χ1) is 18.2. The number of pyridine rings is 2. The van der Waals surface area contributed by atoms with Crippen molar-refractivity contribution < 1.29 is 18.7 Å². The number of nitrogens with zero attached hydrogens (tertiary/aromatic N) is 2. The van der Waals surface area contributed by atoms with Crippen molar-refractivity contribution in [3.63, 3.8) is 0 Å². The van der Waals surface area contributed by atoms with E-state index in [4.69, 9.17) is 31.2 Å². The molecule has 5 rings (SSSR count). The van der Waals surface area contributed by atoms with Gasteiger partial charge in [-0.25, -0.2) is 9.97 Å². The minimum Gasteiger partial charge on any atom is -0.483 e. The molecule has 0 aliphatic heterocycles. The van der Waals surface area contributed by atoms with E-state index < -0.39 is 12.0 Å². The van der Waals surface area contributed by atoms with Crippen LogP contribution in [-0.2, 0) is 0 Å². The Labute approximate surface area is 223 Å². The smallest absolute Gasteiger partial charge is 0.271 e. The maximum atomic E-state index is 13.5. The van der Waals surface area contributed by atoms with Crippen molar-refractivity contribution in [3.05, 3.63) is 92.4 Å². The van der Waals surface area contributed by atoms with E-state index in [1.807, 2.05) is 37.3 Å². The summed E-state index contributed by atoms with van der Waals surface area (Å²) in [5, 5.41) is 1.43. The number of ether oxygens (including phenoxy) is 2. The summed E-state index contributed by atoms with van der Waals surface area (Å²) in [6.07, 6.45) is -0.620. The zero-order valence-electron chi connectivity index (χ0n) is 21.2. The summed E-state index contributed by atoms with van der Waals surface area (Å²) < 4.78 is 17.8. The Bertz CT molecular complexity index is 1800. The van der Waals surface area contributed by atoms with Crippen LogP contribution in [-0.4, -0.2) is 23.0 Å². The lowest BCUT2D eigenvalue weighted by Crippen LogP contribution is -2.17. The number of primary amides is 1. The molecule has 3 aromatic heterocycles. The number of amides is 1. The maximum Gasteiger partial charge on any atom is 0.271 e.